The first-order valence-electron chi connectivity index (χ1n) is 21.3. The Hall–Kier alpha value is -5.93. The fraction of sp³-hybridized carbons (Fsp3) is 0.204. The summed E-state index contributed by atoms with van der Waals surface area (Å²) >= 11 is 10.7. The predicted octanol–water partition coefficient (Wildman–Crippen LogP) is 10.2. The Morgan fingerprint density at radius 3 is 1.34 bits per heavy atom. The third-order valence-electron chi connectivity index (χ3n) is 10.6. The summed E-state index contributed by atoms with van der Waals surface area (Å²) in [4.78, 5) is 37.5. The minimum Gasteiger partial charge on any atom is -0.369 e. The molecule has 9 rings (SSSR count). The number of methoxy groups -OCH3 is 3. The lowest BCUT2D eigenvalue weighted by molar-refractivity contribution is -0.158. The Kier molecular flexibility index (Phi) is 18.1. The molecular weight excluding hydrogens is 918 g/mol. The summed E-state index contributed by atoms with van der Waals surface area (Å²) in [5.41, 5.74) is 5.16. The van der Waals surface area contributed by atoms with Gasteiger partial charge in [0, 0.05) is 53.9 Å². The molecule has 0 N–H and O–H groups in total. The number of halogens is 1. The zero-order valence-electron chi connectivity index (χ0n) is 37.0. The Labute approximate surface area is 410 Å². The number of benzene rings is 6. The lowest BCUT2D eigenvalue weighted by Crippen LogP contribution is -2.61. The molecule has 6 aromatic carbocycles. The molecule has 0 saturated carbocycles. The van der Waals surface area contributed by atoms with Crippen LogP contribution in [-0.2, 0) is 40.1 Å². The number of amides is 3. The number of β-lactam (4-membered cyclic amide) rings is 3. The molecule has 3 amide bonds. The number of nitrogens with zero attached hydrogens (tertiary/aromatic N) is 3. The third-order valence-corrected chi connectivity index (χ3v) is 14.4. The van der Waals surface area contributed by atoms with E-state index in [1.807, 2.05) is 152 Å². The van der Waals surface area contributed by atoms with Gasteiger partial charge in [-0.25, -0.2) is 0 Å². The van der Waals surface area contributed by atoms with Crippen molar-refractivity contribution in [3.63, 3.8) is 0 Å². The van der Waals surface area contributed by atoms with Crippen molar-refractivity contribution in [3.05, 3.63) is 209 Å². The fourth-order valence-corrected chi connectivity index (χ4v) is 10.4. The SMILES string of the molecule is COC1C(=O)N(SCc2ccccc2)C1C#Cc1ccccc1.COC1C(=O)N(SCc2ccccc2)C1c1ccccc1Cl.COC1C(=O)N(Sc2ccccc2)C1C#Cc1ccccc1. The highest BCUT2D eigenvalue weighted by molar-refractivity contribution is 7.97. The van der Waals surface area contributed by atoms with E-state index in [4.69, 9.17) is 25.8 Å². The van der Waals surface area contributed by atoms with Gasteiger partial charge in [0.2, 0.25) is 0 Å². The number of hydrogen-bond acceptors (Lipinski definition) is 9. The average molecular weight is 967 g/mol. The van der Waals surface area contributed by atoms with Crippen molar-refractivity contribution in [3.8, 4) is 23.7 Å². The smallest absolute Gasteiger partial charge is 0.266 e. The van der Waals surface area contributed by atoms with Crippen molar-refractivity contribution in [2.24, 2.45) is 0 Å². The molecule has 13 heteroatoms. The van der Waals surface area contributed by atoms with Crippen molar-refractivity contribution in [2.45, 2.75) is 52.8 Å². The molecule has 0 radical (unpaired) electrons. The van der Waals surface area contributed by atoms with Crippen molar-refractivity contribution in [1.82, 2.24) is 12.9 Å². The summed E-state index contributed by atoms with van der Waals surface area (Å²) in [6.07, 6.45) is -1.40. The second-order valence-electron chi connectivity index (χ2n) is 15.0. The van der Waals surface area contributed by atoms with Gasteiger partial charge in [0.15, 0.2) is 18.3 Å². The Bertz CT molecular complexity index is 2680. The monoisotopic (exact) mass is 965 g/mol. The minimum absolute atomic E-state index is 0.00616. The quantitative estimate of drug-likeness (QED) is 0.0676. The molecule has 3 heterocycles. The zero-order valence-corrected chi connectivity index (χ0v) is 40.2. The molecule has 6 unspecified atom stereocenters. The Morgan fingerprint density at radius 1 is 0.478 bits per heavy atom. The summed E-state index contributed by atoms with van der Waals surface area (Å²) in [6, 6.07) is 56.5. The zero-order chi connectivity index (χ0) is 47.0. The molecule has 0 aromatic heterocycles. The molecule has 340 valence electrons. The van der Waals surface area contributed by atoms with E-state index in [-0.39, 0.29) is 35.8 Å². The number of ether oxygens (including phenoxy) is 3. The molecule has 3 saturated heterocycles. The normalized spacial score (nSPS) is 20.2. The average Bonchev–Trinajstić information content (AvgIpc) is 3.37. The van der Waals surface area contributed by atoms with Gasteiger partial charge in [-0.2, -0.15) is 0 Å². The molecule has 3 aliphatic heterocycles. The van der Waals surface area contributed by atoms with Gasteiger partial charge in [0.1, 0.15) is 18.1 Å². The lowest BCUT2D eigenvalue weighted by Gasteiger charge is -2.45. The lowest BCUT2D eigenvalue weighted by atomic mass is 9.94. The van der Waals surface area contributed by atoms with E-state index < -0.39 is 18.3 Å². The van der Waals surface area contributed by atoms with Gasteiger partial charge < -0.3 is 14.2 Å². The highest BCUT2D eigenvalue weighted by Gasteiger charge is 2.50. The number of carbonyl (C=O) groups excluding carboxylic acids is 3. The van der Waals surface area contributed by atoms with Gasteiger partial charge in [-0.1, -0.05) is 169 Å². The van der Waals surface area contributed by atoms with Crippen LogP contribution >= 0.6 is 47.4 Å². The molecule has 0 bridgehead atoms. The standard InChI is InChI=1S/C19H17NO2S.C18H15NO2S.C17H16ClNO2S/c1-22-18-17(13-12-15-8-4-2-5-9-15)20(19(18)21)23-14-16-10-6-3-7-11-16;1-21-17-16(13-12-14-8-4-2-5-9-14)19(18(17)20)22-15-10-6-3-7-11-15;1-21-16-15(13-9-5-6-10-14(13)18)19(17(16)20)22-11-12-7-3-2-4-8-12/h2-11,17-18H,14H2,1H3;2-11,16-17H,1H3;2-10,15-16H,11H2,1H3. The predicted molar refractivity (Wildman–Crippen MR) is 269 cm³/mol. The van der Waals surface area contributed by atoms with Crippen LogP contribution in [0.3, 0.4) is 0 Å². The van der Waals surface area contributed by atoms with Crippen LogP contribution in [0.15, 0.2) is 181 Å². The summed E-state index contributed by atoms with van der Waals surface area (Å²) in [7, 11) is 4.66. The number of rotatable bonds is 12. The van der Waals surface area contributed by atoms with Crippen LogP contribution in [0.25, 0.3) is 0 Å². The molecule has 6 atom stereocenters. The van der Waals surface area contributed by atoms with Gasteiger partial charge in [-0.3, -0.25) is 27.3 Å². The van der Waals surface area contributed by atoms with Crippen molar-refractivity contribution >= 4 is 65.2 Å². The minimum atomic E-state index is -0.479. The van der Waals surface area contributed by atoms with Gasteiger partial charge >= 0.3 is 0 Å². The number of hydrogen-bond donors (Lipinski definition) is 0. The van der Waals surface area contributed by atoms with E-state index in [0.29, 0.717) is 5.02 Å². The summed E-state index contributed by atoms with van der Waals surface area (Å²) < 4.78 is 21.0. The largest absolute Gasteiger partial charge is 0.369 e. The van der Waals surface area contributed by atoms with Crippen LogP contribution in [0.2, 0.25) is 5.02 Å². The Balaban J connectivity index is 0.000000149. The summed E-state index contributed by atoms with van der Waals surface area (Å²) in [6.45, 7) is 0. The van der Waals surface area contributed by atoms with Gasteiger partial charge in [-0.15, -0.1) is 0 Å². The number of carbonyl (C=O) groups is 3. The maximum absolute atomic E-state index is 12.2. The third kappa shape index (κ3) is 12.5. The van der Waals surface area contributed by atoms with Crippen LogP contribution in [-0.4, -0.2) is 82.4 Å². The highest BCUT2D eigenvalue weighted by atomic mass is 35.5. The molecule has 67 heavy (non-hydrogen) atoms. The molecular formula is C54H48ClN3O6S3. The van der Waals surface area contributed by atoms with Crippen LogP contribution < -0.4 is 0 Å². The van der Waals surface area contributed by atoms with Gasteiger partial charge in [-0.05, 0) is 95.0 Å². The maximum Gasteiger partial charge on any atom is 0.266 e. The van der Waals surface area contributed by atoms with E-state index in [9.17, 15) is 14.4 Å². The second-order valence-corrected chi connectivity index (χ2v) is 18.3. The Morgan fingerprint density at radius 2 is 0.866 bits per heavy atom. The first-order chi connectivity index (χ1) is 32.8. The van der Waals surface area contributed by atoms with E-state index >= 15 is 0 Å². The summed E-state index contributed by atoms with van der Waals surface area (Å²) in [5.74, 6) is 14.0. The van der Waals surface area contributed by atoms with Crippen molar-refractivity contribution < 1.29 is 28.6 Å². The maximum atomic E-state index is 12.2. The van der Waals surface area contributed by atoms with Crippen LogP contribution in [0.4, 0.5) is 0 Å². The van der Waals surface area contributed by atoms with E-state index in [1.165, 1.54) is 47.0 Å². The topological polar surface area (TPSA) is 88.6 Å². The van der Waals surface area contributed by atoms with Gasteiger partial charge in [0.05, 0.1) is 0 Å². The van der Waals surface area contributed by atoms with E-state index in [2.05, 4.69) is 47.9 Å². The first-order valence-corrected chi connectivity index (χ1v) is 24.4. The fourth-order valence-electron chi connectivity index (χ4n) is 7.06. The molecule has 9 nitrogen and oxygen atoms in total. The van der Waals surface area contributed by atoms with Crippen LogP contribution in [0.1, 0.15) is 33.9 Å². The molecule has 6 aromatic rings. The highest BCUT2D eigenvalue weighted by Crippen LogP contribution is 2.45. The van der Waals surface area contributed by atoms with Crippen LogP contribution in [0, 0.1) is 23.7 Å². The molecule has 0 spiro atoms. The van der Waals surface area contributed by atoms with Gasteiger partial charge in [0.25, 0.3) is 17.7 Å². The molecule has 0 aliphatic carbocycles. The van der Waals surface area contributed by atoms with E-state index in [0.717, 1.165) is 33.1 Å². The van der Waals surface area contributed by atoms with E-state index in [1.54, 1.807) is 34.2 Å². The summed E-state index contributed by atoms with van der Waals surface area (Å²) in [5, 5.41) is 0.660. The molecule has 3 fully saturated rings. The first kappa shape index (κ1) is 49.0. The second kappa shape index (κ2) is 24.7. The van der Waals surface area contributed by atoms with Crippen molar-refractivity contribution in [1.29, 1.82) is 0 Å². The van der Waals surface area contributed by atoms with Crippen LogP contribution in [0.5, 0.6) is 0 Å². The molecule has 3 aliphatic rings. The van der Waals surface area contributed by atoms with Crippen molar-refractivity contribution in [2.75, 3.05) is 21.3 Å².